The maximum Gasteiger partial charge on any atom is 0.407 e. The molecule has 0 bridgehead atoms. The zero-order valence-electron chi connectivity index (χ0n) is 7.80. The van der Waals surface area contributed by atoms with Crippen LogP contribution in [0.1, 0.15) is 32.6 Å². The molecule has 70 valence electrons. The predicted molar refractivity (Wildman–Crippen MR) is 47.0 cm³/mol. The van der Waals surface area contributed by atoms with Crippen LogP contribution in [0, 0.1) is 5.92 Å². The van der Waals surface area contributed by atoms with Gasteiger partial charge in [-0.15, -0.1) is 0 Å². The van der Waals surface area contributed by atoms with E-state index in [1.165, 1.54) is 26.4 Å². The molecule has 0 aliphatic heterocycles. The van der Waals surface area contributed by atoms with Gasteiger partial charge in [0.2, 0.25) is 0 Å². The number of nitrogens with one attached hydrogen (secondary N) is 1. The molecule has 0 unspecified atom stereocenters. The van der Waals surface area contributed by atoms with E-state index in [1.807, 2.05) is 0 Å². The summed E-state index contributed by atoms with van der Waals surface area (Å²) in [6.45, 7) is 2.18. The summed E-state index contributed by atoms with van der Waals surface area (Å²) in [5.74, 6) is 0.595. The van der Waals surface area contributed by atoms with E-state index in [2.05, 4.69) is 17.0 Å². The van der Waals surface area contributed by atoms with Crippen molar-refractivity contribution in [2.24, 2.45) is 5.92 Å². The number of carbonyl (C=O) groups excluding carboxylic acids is 1. The van der Waals surface area contributed by atoms with Crippen LogP contribution in [0.5, 0.6) is 0 Å². The topological polar surface area (TPSA) is 38.3 Å². The first-order valence-electron chi connectivity index (χ1n) is 4.58. The monoisotopic (exact) mass is 171 g/mol. The summed E-state index contributed by atoms with van der Waals surface area (Å²) in [5, 5.41) is 2.86. The number of hydrogen-bond donors (Lipinski definition) is 1. The second-order valence-electron chi connectivity index (χ2n) is 3.50. The molecule has 2 atom stereocenters. The van der Waals surface area contributed by atoms with Crippen molar-refractivity contribution in [2.75, 3.05) is 7.11 Å². The first-order chi connectivity index (χ1) is 5.74. The lowest BCUT2D eigenvalue weighted by Gasteiger charge is -2.28. The summed E-state index contributed by atoms with van der Waals surface area (Å²) in [6.07, 6.45) is 4.53. The van der Waals surface area contributed by atoms with Crippen molar-refractivity contribution >= 4 is 6.09 Å². The van der Waals surface area contributed by atoms with Crippen LogP contribution < -0.4 is 5.32 Å². The normalized spacial score (nSPS) is 29.5. The highest BCUT2D eigenvalue weighted by Crippen LogP contribution is 2.23. The zero-order valence-corrected chi connectivity index (χ0v) is 7.80. The lowest BCUT2D eigenvalue weighted by molar-refractivity contribution is 0.156. The van der Waals surface area contributed by atoms with E-state index < -0.39 is 0 Å². The molecular formula is C9H17NO2. The van der Waals surface area contributed by atoms with Gasteiger partial charge in [-0.2, -0.15) is 0 Å². The molecule has 0 aromatic rings. The Hall–Kier alpha value is -0.730. The Labute approximate surface area is 73.5 Å². The highest BCUT2D eigenvalue weighted by atomic mass is 16.5. The van der Waals surface area contributed by atoms with Gasteiger partial charge in [0.05, 0.1) is 7.11 Å². The van der Waals surface area contributed by atoms with Gasteiger partial charge in [-0.05, 0) is 18.8 Å². The molecule has 0 aromatic carbocycles. The quantitative estimate of drug-likeness (QED) is 0.654. The van der Waals surface area contributed by atoms with Crippen molar-refractivity contribution < 1.29 is 9.53 Å². The molecule has 0 radical (unpaired) electrons. The maximum atomic E-state index is 10.9. The number of methoxy groups -OCH3 is 1. The minimum absolute atomic E-state index is 0.297. The van der Waals surface area contributed by atoms with Crippen molar-refractivity contribution in [3.63, 3.8) is 0 Å². The van der Waals surface area contributed by atoms with E-state index in [-0.39, 0.29) is 6.09 Å². The third kappa shape index (κ3) is 2.40. The van der Waals surface area contributed by atoms with Gasteiger partial charge in [-0.3, -0.25) is 0 Å². The Morgan fingerprint density at radius 1 is 1.42 bits per heavy atom. The number of alkyl carbamates (subject to hydrolysis) is 1. The molecule has 1 aliphatic carbocycles. The third-order valence-corrected chi connectivity index (χ3v) is 2.60. The first kappa shape index (κ1) is 9.36. The van der Waals surface area contributed by atoms with Gasteiger partial charge < -0.3 is 10.1 Å². The van der Waals surface area contributed by atoms with Gasteiger partial charge in [0.1, 0.15) is 0 Å². The maximum absolute atomic E-state index is 10.9. The van der Waals surface area contributed by atoms with E-state index in [0.717, 1.165) is 6.42 Å². The Kier molecular flexibility index (Phi) is 3.38. The van der Waals surface area contributed by atoms with Crippen LogP contribution in [0.15, 0.2) is 0 Å². The molecule has 3 heteroatoms. The van der Waals surface area contributed by atoms with E-state index >= 15 is 0 Å². The molecule has 12 heavy (non-hydrogen) atoms. The summed E-state index contributed by atoms with van der Waals surface area (Å²) >= 11 is 0. The Balaban J connectivity index is 2.33. The SMILES string of the molecule is COC(=O)N[C@@H]1CCCC[C@@H]1C. The van der Waals surface area contributed by atoms with Gasteiger partial charge in [0, 0.05) is 6.04 Å². The van der Waals surface area contributed by atoms with E-state index in [4.69, 9.17) is 0 Å². The summed E-state index contributed by atoms with van der Waals surface area (Å²) < 4.78 is 4.55. The number of hydrogen-bond acceptors (Lipinski definition) is 2. The minimum atomic E-state index is -0.297. The van der Waals surface area contributed by atoms with Crippen LogP contribution in [0.2, 0.25) is 0 Å². The second-order valence-corrected chi connectivity index (χ2v) is 3.50. The molecule has 3 nitrogen and oxygen atoms in total. The lowest BCUT2D eigenvalue weighted by Crippen LogP contribution is -2.40. The number of carbonyl (C=O) groups is 1. The van der Waals surface area contributed by atoms with Crippen molar-refractivity contribution in [1.82, 2.24) is 5.32 Å². The molecular weight excluding hydrogens is 154 g/mol. The average Bonchev–Trinajstić information content (AvgIpc) is 2.09. The van der Waals surface area contributed by atoms with Gasteiger partial charge >= 0.3 is 6.09 Å². The molecule has 1 fully saturated rings. The van der Waals surface area contributed by atoms with Crippen molar-refractivity contribution in [3.8, 4) is 0 Å². The van der Waals surface area contributed by atoms with Gasteiger partial charge in [0.25, 0.3) is 0 Å². The summed E-state index contributed by atoms with van der Waals surface area (Å²) in [6, 6.07) is 0.325. The smallest absolute Gasteiger partial charge is 0.407 e. The number of ether oxygens (including phenoxy) is 1. The molecule has 1 N–H and O–H groups in total. The summed E-state index contributed by atoms with van der Waals surface area (Å²) in [7, 11) is 1.41. The Morgan fingerprint density at radius 2 is 2.08 bits per heavy atom. The minimum Gasteiger partial charge on any atom is -0.453 e. The van der Waals surface area contributed by atoms with Gasteiger partial charge in [0.15, 0.2) is 0 Å². The largest absolute Gasteiger partial charge is 0.453 e. The fourth-order valence-corrected chi connectivity index (χ4v) is 1.74. The van der Waals surface area contributed by atoms with Crippen LogP contribution in [-0.2, 0) is 4.74 Å². The first-order valence-corrected chi connectivity index (χ1v) is 4.58. The molecule has 0 saturated heterocycles. The molecule has 1 aliphatic rings. The summed E-state index contributed by atoms with van der Waals surface area (Å²) in [5.41, 5.74) is 0. The predicted octanol–water partition coefficient (Wildman–Crippen LogP) is 1.92. The Bertz CT molecular complexity index is 159. The van der Waals surface area contributed by atoms with Crippen LogP contribution in [0.25, 0.3) is 0 Å². The van der Waals surface area contributed by atoms with E-state index in [0.29, 0.717) is 12.0 Å². The van der Waals surface area contributed by atoms with Gasteiger partial charge in [-0.1, -0.05) is 19.8 Å². The van der Waals surface area contributed by atoms with Crippen molar-refractivity contribution in [2.45, 2.75) is 38.6 Å². The molecule has 1 amide bonds. The second kappa shape index (κ2) is 4.33. The van der Waals surface area contributed by atoms with E-state index in [1.54, 1.807) is 0 Å². The van der Waals surface area contributed by atoms with Crippen LogP contribution in [0.4, 0.5) is 4.79 Å². The average molecular weight is 171 g/mol. The van der Waals surface area contributed by atoms with Gasteiger partial charge in [-0.25, -0.2) is 4.79 Å². The summed E-state index contributed by atoms with van der Waals surface area (Å²) in [4.78, 5) is 10.9. The fourth-order valence-electron chi connectivity index (χ4n) is 1.74. The molecule has 0 heterocycles. The number of amides is 1. The third-order valence-electron chi connectivity index (χ3n) is 2.60. The van der Waals surface area contributed by atoms with E-state index in [9.17, 15) is 4.79 Å². The van der Waals surface area contributed by atoms with Crippen molar-refractivity contribution in [3.05, 3.63) is 0 Å². The molecule has 0 spiro atoms. The highest BCUT2D eigenvalue weighted by Gasteiger charge is 2.22. The fraction of sp³-hybridized carbons (Fsp3) is 0.889. The zero-order chi connectivity index (χ0) is 8.97. The molecule has 0 aromatic heterocycles. The molecule has 1 rings (SSSR count). The van der Waals surface area contributed by atoms with Crippen molar-refractivity contribution in [1.29, 1.82) is 0 Å². The standard InChI is InChI=1S/C9H17NO2/c1-7-5-3-4-6-8(7)10-9(11)12-2/h7-8H,3-6H2,1-2H3,(H,10,11)/t7-,8+/m0/s1. The van der Waals surface area contributed by atoms with Crippen LogP contribution >= 0.6 is 0 Å². The van der Waals surface area contributed by atoms with Crippen LogP contribution in [-0.4, -0.2) is 19.2 Å². The molecule has 1 saturated carbocycles. The lowest BCUT2D eigenvalue weighted by atomic mass is 9.86. The highest BCUT2D eigenvalue weighted by molar-refractivity contribution is 5.67. The van der Waals surface area contributed by atoms with Crippen LogP contribution in [0.3, 0.4) is 0 Å². The Morgan fingerprint density at radius 3 is 2.67 bits per heavy atom. The number of rotatable bonds is 1.